The van der Waals surface area contributed by atoms with Gasteiger partial charge in [0.25, 0.3) is 5.91 Å². The standard InChI is InChI=1S/C35H44IN5O4/c1-23-8-4-3-5-15-41(23)32-28-19-40(33(43)27-17-25(42)16-24-9-6-11-29(36)31(24)27)20-30(28)37-34(38-32)45-22-35(12-13-35)21-39-14-7-10-26(18-39)44-2/h6,9,11,16-17,23,26,42H,3-5,7-8,10,12-15,18-22H2,1-2H3/t23?,26-/m1/s1. The van der Waals surface area contributed by atoms with Crippen molar-refractivity contribution in [1.29, 1.82) is 0 Å². The number of hydrogen-bond acceptors (Lipinski definition) is 8. The van der Waals surface area contributed by atoms with E-state index in [1.54, 1.807) is 12.1 Å². The van der Waals surface area contributed by atoms with E-state index in [4.69, 9.17) is 19.4 Å². The zero-order valence-corrected chi connectivity index (χ0v) is 28.6. The van der Waals surface area contributed by atoms with Crippen molar-refractivity contribution in [2.45, 2.75) is 83.5 Å². The minimum absolute atomic E-state index is 0.0930. The van der Waals surface area contributed by atoms with Crippen molar-refractivity contribution in [3.8, 4) is 11.8 Å². The molecule has 0 bridgehead atoms. The Balaban J connectivity index is 1.15. The Hall–Kier alpha value is -2.70. The molecule has 10 heteroatoms. The van der Waals surface area contributed by atoms with Gasteiger partial charge >= 0.3 is 6.01 Å². The number of phenols is 1. The quantitative estimate of drug-likeness (QED) is 0.278. The van der Waals surface area contributed by atoms with Crippen molar-refractivity contribution >= 4 is 45.1 Å². The molecule has 1 N–H and O–H groups in total. The fourth-order valence-electron chi connectivity index (χ4n) is 7.52. The summed E-state index contributed by atoms with van der Waals surface area (Å²) in [5.74, 6) is 0.900. The lowest BCUT2D eigenvalue weighted by Crippen LogP contribution is -2.43. The van der Waals surface area contributed by atoms with Crippen molar-refractivity contribution in [2.24, 2.45) is 5.41 Å². The van der Waals surface area contributed by atoms with Gasteiger partial charge in [-0.05, 0) is 98.2 Å². The third kappa shape index (κ3) is 6.47. The summed E-state index contributed by atoms with van der Waals surface area (Å²) in [4.78, 5) is 31.0. The van der Waals surface area contributed by atoms with E-state index < -0.39 is 0 Å². The number of ether oxygens (including phenoxy) is 2. The van der Waals surface area contributed by atoms with Crippen molar-refractivity contribution in [1.82, 2.24) is 19.8 Å². The first kappa shape index (κ1) is 30.9. The molecule has 3 aromatic rings. The van der Waals surface area contributed by atoms with Gasteiger partial charge in [0.2, 0.25) is 0 Å². The molecule has 1 amide bonds. The summed E-state index contributed by atoms with van der Waals surface area (Å²) in [5, 5.41) is 12.2. The molecule has 0 radical (unpaired) electrons. The van der Waals surface area contributed by atoms with Crippen LogP contribution in [0.15, 0.2) is 30.3 Å². The van der Waals surface area contributed by atoms with Gasteiger partial charge < -0.3 is 29.3 Å². The molecule has 2 atom stereocenters. The fourth-order valence-corrected chi connectivity index (χ4v) is 8.33. The van der Waals surface area contributed by atoms with Crippen LogP contribution < -0.4 is 9.64 Å². The number of hydrogen-bond donors (Lipinski definition) is 1. The van der Waals surface area contributed by atoms with Gasteiger partial charge in [0.15, 0.2) is 0 Å². The van der Waals surface area contributed by atoms with Crippen LogP contribution in [-0.4, -0.2) is 82.8 Å². The molecule has 4 heterocycles. The lowest BCUT2D eigenvalue weighted by Gasteiger charge is -2.34. The molecule has 240 valence electrons. The van der Waals surface area contributed by atoms with Crippen molar-refractivity contribution in [3.63, 3.8) is 0 Å². The van der Waals surface area contributed by atoms with Crippen LogP contribution in [0.3, 0.4) is 0 Å². The number of carbonyl (C=O) groups excluding carboxylic acids is 1. The molecule has 0 spiro atoms. The highest BCUT2D eigenvalue weighted by Gasteiger charge is 2.46. The van der Waals surface area contributed by atoms with E-state index in [-0.39, 0.29) is 17.1 Å². The van der Waals surface area contributed by atoms with Crippen LogP contribution >= 0.6 is 22.6 Å². The Labute approximate surface area is 279 Å². The van der Waals surface area contributed by atoms with Gasteiger partial charge in [-0.3, -0.25) is 4.79 Å². The van der Waals surface area contributed by atoms with Crippen LogP contribution in [0, 0.1) is 8.99 Å². The number of rotatable bonds is 8. The number of amides is 1. The van der Waals surface area contributed by atoms with Gasteiger partial charge in [-0.15, -0.1) is 0 Å². The molecule has 2 aromatic carbocycles. The predicted molar refractivity (Wildman–Crippen MR) is 183 cm³/mol. The normalized spacial score (nSPS) is 23.2. The van der Waals surface area contributed by atoms with Crippen LogP contribution in [0.2, 0.25) is 0 Å². The zero-order chi connectivity index (χ0) is 31.1. The van der Waals surface area contributed by atoms with Gasteiger partial charge in [-0.25, -0.2) is 0 Å². The number of benzene rings is 2. The van der Waals surface area contributed by atoms with Crippen LogP contribution in [-0.2, 0) is 17.8 Å². The molecule has 1 aromatic heterocycles. The number of fused-ring (bicyclic) bond motifs is 2. The predicted octanol–water partition coefficient (Wildman–Crippen LogP) is 6.13. The lowest BCUT2D eigenvalue weighted by atomic mass is 10.0. The average Bonchev–Trinajstić information content (AvgIpc) is 3.72. The molecule has 1 aliphatic carbocycles. The fraction of sp³-hybridized carbons (Fsp3) is 0.571. The number of phenolic OH excluding ortho intramolecular Hbond substituents is 1. The smallest absolute Gasteiger partial charge is 0.318 e. The summed E-state index contributed by atoms with van der Waals surface area (Å²) in [6.07, 6.45) is 9.61. The monoisotopic (exact) mass is 725 g/mol. The van der Waals surface area contributed by atoms with Crippen LogP contribution in [0.25, 0.3) is 10.8 Å². The first-order valence-corrected chi connectivity index (χ1v) is 17.7. The number of methoxy groups -OCH3 is 1. The minimum atomic E-state index is -0.108. The van der Waals surface area contributed by atoms with Crippen molar-refractivity contribution in [2.75, 3.05) is 44.8 Å². The Bertz CT molecular complexity index is 1580. The highest BCUT2D eigenvalue weighted by Crippen LogP contribution is 2.47. The van der Waals surface area contributed by atoms with Gasteiger partial charge in [-0.2, -0.15) is 9.97 Å². The Morgan fingerprint density at radius 3 is 2.78 bits per heavy atom. The van der Waals surface area contributed by atoms with E-state index >= 15 is 0 Å². The summed E-state index contributed by atoms with van der Waals surface area (Å²) >= 11 is 2.27. The average molecular weight is 726 g/mol. The second-order valence-electron chi connectivity index (χ2n) is 13.7. The molecular weight excluding hydrogens is 681 g/mol. The molecule has 4 aliphatic rings. The zero-order valence-electron chi connectivity index (χ0n) is 26.4. The van der Waals surface area contributed by atoms with E-state index in [1.165, 1.54) is 19.3 Å². The van der Waals surface area contributed by atoms with E-state index in [1.807, 2.05) is 30.2 Å². The molecule has 9 nitrogen and oxygen atoms in total. The number of piperidine rings is 1. The van der Waals surface area contributed by atoms with E-state index in [0.29, 0.717) is 43.4 Å². The second-order valence-corrected chi connectivity index (χ2v) is 14.8. The van der Waals surface area contributed by atoms with Crippen LogP contribution in [0.5, 0.6) is 11.8 Å². The molecule has 2 saturated heterocycles. The van der Waals surface area contributed by atoms with Crippen molar-refractivity contribution in [3.05, 3.63) is 50.7 Å². The molecule has 45 heavy (non-hydrogen) atoms. The minimum Gasteiger partial charge on any atom is -0.508 e. The van der Waals surface area contributed by atoms with Crippen LogP contribution in [0.1, 0.15) is 79.9 Å². The molecule has 7 rings (SSSR count). The maximum atomic E-state index is 14.1. The summed E-state index contributed by atoms with van der Waals surface area (Å²) in [7, 11) is 1.82. The number of likely N-dealkylation sites (tertiary alicyclic amines) is 1. The Morgan fingerprint density at radius 1 is 1.09 bits per heavy atom. The van der Waals surface area contributed by atoms with Gasteiger partial charge in [0, 0.05) is 52.7 Å². The molecular formula is C35H44IN5O4. The number of aromatic hydroxyl groups is 1. The highest BCUT2D eigenvalue weighted by atomic mass is 127. The molecule has 1 saturated carbocycles. The maximum absolute atomic E-state index is 14.1. The third-order valence-electron chi connectivity index (χ3n) is 10.3. The topological polar surface area (TPSA) is 91.3 Å². The third-order valence-corrected chi connectivity index (χ3v) is 11.2. The van der Waals surface area contributed by atoms with E-state index in [0.717, 1.165) is 89.7 Å². The van der Waals surface area contributed by atoms with E-state index in [2.05, 4.69) is 39.3 Å². The first-order valence-electron chi connectivity index (χ1n) is 16.6. The lowest BCUT2D eigenvalue weighted by molar-refractivity contribution is 0.0199. The summed E-state index contributed by atoms with van der Waals surface area (Å²) in [5.41, 5.74) is 2.54. The number of carbonyl (C=O) groups is 1. The van der Waals surface area contributed by atoms with Gasteiger partial charge in [0.05, 0.1) is 37.1 Å². The molecule has 3 fully saturated rings. The van der Waals surface area contributed by atoms with Gasteiger partial charge in [-0.1, -0.05) is 25.0 Å². The second kappa shape index (κ2) is 12.8. The number of aromatic nitrogens is 2. The summed E-state index contributed by atoms with van der Waals surface area (Å²) < 4.78 is 13.1. The first-order chi connectivity index (χ1) is 21.8. The van der Waals surface area contributed by atoms with Gasteiger partial charge in [0.1, 0.15) is 11.6 Å². The van der Waals surface area contributed by atoms with Crippen molar-refractivity contribution < 1.29 is 19.4 Å². The molecule has 1 unspecified atom stereocenters. The number of halogens is 1. The highest BCUT2D eigenvalue weighted by molar-refractivity contribution is 14.1. The summed E-state index contributed by atoms with van der Waals surface area (Å²) in [6, 6.07) is 9.97. The maximum Gasteiger partial charge on any atom is 0.318 e. The number of nitrogens with zero attached hydrogens (tertiary/aromatic N) is 5. The molecule has 3 aliphatic heterocycles. The Kier molecular flexibility index (Phi) is 8.82. The number of anilines is 1. The Morgan fingerprint density at radius 2 is 1.96 bits per heavy atom. The van der Waals surface area contributed by atoms with Crippen LogP contribution in [0.4, 0.5) is 5.82 Å². The van der Waals surface area contributed by atoms with E-state index in [9.17, 15) is 9.90 Å². The largest absolute Gasteiger partial charge is 0.508 e. The SMILES string of the molecule is CO[C@@H]1CCCN(CC2(COc3nc4c(c(N5CCCCCC5C)n3)CN(C(=O)c3cc(O)cc5cccc(I)c35)C4)CC2)C1. The summed E-state index contributed by atoms with van der Waals surface area (Å²) in [6.45, 7) is 7.77.